The third-order valence-electron chi connectivity index (χ3n) is 3.11. The van der Waals surface area contributed by atoms with Gasteiger partial charge >= 0.3 is 0 Å². The number of para-hydroxylation sites is 1. The topological polar surface area (TPSA) is 45.6 Å². The van der Waals surface area contributed by atoms with E-state index in [1.807, 2.05) is 37.3 Å². The summed E-state index contributed by atoms with van der Waals surface area (Å²) in [5.74, 6) is 0. The van der Waals surface area contributed by atoms with Gasteiger partial charge in [-0.05, 0) is 19.1 Å². The number of ether oxygens (including phenoxy) is 1. The van der Waals surface area contributed by atoms with Crippen LogP contribution < -0.4 is 4.90 Å². The molecule has 0 bridgehead atoms. The normalized spacial score (nSPS) is 12.3. The summed E-state index contributed by atoms with van der Waals surface area (Å²) >= 11 is 1.61. The van der Waals surface area contributed by atoms with Crippen LogP contribution in [0.15, 0.2) is 35.7 Å². The van der Waals surface area contributed by atoms with Crippen molar-refractivity contribution in [1.82, 2.24) is 4.98 Å². The molecule has 0 aliphatic heterocycles. The van der Waals surface area contributed by atoms with Crippen molar-refractivity contribution >= 4 is 17.0 Å². The van der Waals surface area contributed by atoms with E-state index in [0.717, 1.165) is 16.4 Å². The second-order valence-corrected chi connectivity index (χ2v) is 5.43. The van der Waals surface area contributed by atoms with Crippen molar-refractivity contribution in [1.29, 1.82) is 0 Å². The van der Waals surface area contributed by atoms with Gasteiger partial charge in [-0.25, -0.2) is 4.98 Å². The van der Waals surface area contributed by atoms with Gasteiger partial charge in [0.25, 0.3) is 0 Å². The number of methoxy groups -OCH3 is 1. The Labute approximate surface area is 123 Å². The van der Waals surface area contributed by atoms with Gasteiger partial charge in [0.2, 0.25) is 0 Å². The molecule has 1 aromatic carbocycles. The van der Waals surface area contributed by atoms with Crippen molar-refractivity contribution in [3.8, 4) is 0 Å². The van der Waals surface area contributed by atoms with E-state index >= 15 is 0 Å². The van der Waals surface area contributed by atoms with E-state index in [2.05, 4.69) is 15.3 Å². The quantitative estimate of drug-likeness (QED) is 0.852. The first-order valence-corrected chi connectivity index (χ1v) is 7.50. The van der Waals surface area contributed by atoms with Crippen LogP contribution in [0.25, 0.3) is 0 Å². The van der Waals surface area contributed by atoms with Crippen LogP contribution in [-0.2, 0) is 11.3 Å². The van der Waals surface area contributed by atoms with Crippen molar-refractivity contribution < 1.29 is 9.84 Å². The molecule has 0 spiro atoms. The Bertz CT molecular complexity index is 516. The fourth-order valence-corrected chi connectivity index (χ4v) is 2.78. The van der Waals surface area contributed by atoms with E-state index in [-0.39, 0.29) is 12.7 Å². The van der Waals surface area contributed by atoms with Crippen LogP contribution in [0.1, 0.15) is 23.7 Å². The third kappa shape index (κ3) is 3.79. The summed E-state index contributed by atoms with van der Waals surface area (Å²) < 4.78 is 5.28. The van der Waals surface area contributed by atoms with E-state index in [4.69, 9.17) is 4.74 Å². The highest BCUT2D eigenvalue weighted by atomic mass is 32.1. The molecule has 2 aromatic rings. The van der Waals surface area contributed by atoms with Gasteiger partial charge in [0.15, 0.2) is 0 Å². The number of thiazole rings is 1. The van der Waals surface area contributed by atoms with Gasteiger partial charge < -0.3 is 14.7 Å². The van der Waals surface area contributed by atoms with E-state index in [1.165, 1.54) is 0 Å². The summed E-state index contributed by atoms with van der Waals surface area (Å²) in [5.41, 5.74) is 2.10. The lowest BCUT2D eigenvalue weighted by atomic mass is 10.2. The maximum atomic E-state index is 9.23. The number of rotatable bonds is 7. The highest BCUT2D eigenvalue weighted by Crippen LogP contribution is 2.22. The fourth-order valence-electron chi connectivity index (χ4n) is 1.94. The molecule has 1 aromatic heterocycles. The van der Waals surface area contributed by atoms with Crippen LogP contribution in [0.5, 0.6) is 0 Å². The Balaban J connectivity index is 2.10. The number of hydrogen-bond acceptors (Lipinski definition) is 5. The molecular weight excluding hydrogens is 272 g/mol. The molecule has 1 heterocycles. The zero-order chi connectivity index (χ0) is 14.4. The van der Waals surface area contributed by atoms with Gasteiger partial charge in [0.05, 0.1) is 18.8 Å². The molecule has 0 unspecified atom stereocenters. The smallest absolute Gasteiger partial charge is 0.122 e. The molecule has 1 N–H and O–H groups in total. The van der Waals surface area contributed by atoms with Gasteiger partial charge in [-0.1, -0.05) is 18.2 Å². The summed E-state index contributed by atoms with van der Waals surface area (Å²) in [7, 11) is 1.69. The van der Waals surface area contributed by atoms with E-state index in [1.54, 1.807) is 18.4 Å². The zero-order valence-corrected chi connectivity index (χ0v) is 12.6. The molecule has 2 rings (SSSR count). The highest BCUT2D eigenvalue weighted by Gasteiger charge is 2.12. The number of aliphatic hydroxyl groups is 1. The van der Waals surface area contributed by atoms with Gasteiger partial charge in [-0.15, -0.1) is 11.3 Å². The van der Waals surface area contributed by atoms with E-state index < -0.39 is 0 Å². The first-order valence-electron chi connectivity index (χ1n) is 6.62. The van der Waals surface area contributed by atoms with Crippen LogP contribution in [-0.4, -0.2) is 30.4 Å². The Morgan fingerprint density at radius 3 is 2.75 bits per heavy atom. The maximum Gasteiger partial charge on any atom is 0.122 e. The third-order valence-corrected chi connectivity index (χ3v) is 4.17. The van der Waals surface area contributed by atoms with Crippen LogP contribution in [0, 0.1) is 0 Å². The summed E-state index contributed by atoms with van der Waals surface area (Å²) in [5, 5.41) is 12.3. The number of aliphatic hydroxyl groups excluding tert-OH is 1. The highest BCUT2D eigenvalue weighted by molar-refractivity contribution is 7.09. The first-order chi connectivity index (χ1) is 9.74. The molecule has 108 valence electrons. The van der Waals surface area contributed by atoms with Crippen LogP contribution >= 0.6 is 11.3 Å². The van der Waals surface area contributed by atoms with Gasteiger partial charge in [0.1, 0.15) is 11.1 Å². The predicted octanol–water partition coefficient (Wildman–Crippen LogP) is 2.85. The Morgan fingerprint density at radius 1 is 1.35 bits per heavy atom. The van der Waals surface area contributed by atoms with Crippen LogP contribution in [0.4, 0.5) is 5.69 Å². The summed E-state index contributed by atoms with van der Waals surface area (Å²) in [4.78, 5) is 6.72. The molecule has 0 aliphatic carbocycles. The van der Waals surface area contributed by atoms with Crippen molar-refractivity contribution in [2.75, 3.05) is 25.2 Å². The molecule has 0 aliphatic rings. The van der Waals surface area contributed by atoms with Gasteiger partial charge in [0, 0.05) is 24.7 Å². The van der Waals surface area contributed by atoms with Crippen molar-refractivity contribution in [2.45, 2.75) is 19.6 Å². The molecule has 0 fully saturated rings. The SMILES string of the molecule is CO[C@H](C)c1nc(CN(CCO)c2ccccc2)cs1. The van der Waals surface area contributed by atoms with Gasteiger partial charge in [-0.3, -0.25) is 0 Å². The molecule has 0 amide bonds. The predicted molar refractivity (Wildman–Crippen MR) is 82.1 cm³/mol. The number of nitrogens with zero attached hydrogens (tertiary/aromatic N) is 2. The monoisotopic (exact) mass is 292 g/mol. The number of anilines is 1. The minimum atomic E-state index is 0.0248. The van der Waals surface area contributed by atoms with Crippen molar-refractivity contribution in [2.24, 2.45) is 0 Å². The maximum absolute atomic E-state index is 9.23. The average molecular weight is 292 g/mol. The van der Waals surface area contributed by atoms with E-state index in [0.29, 0.717) is 13.1 Å². The van der Waals surface area contributed by atoms with Crippen molar-refractivity contribution in [3.63, 3.8) is 0 Å². The average Bonchev–Trinajstić information content (AvgIpc) is 2.95. The first kappa shape index (κ1) is 15.0. The summed E-state index contributed by atoms with van der Waals surface area (Å²) in [6, 6.07) is 10.1. The van der Waals surface area contributed by atoms with Crippen LogP contribution in [0.2, 0.25) is 0 Å². The largest absolute Gasteiger partial charge is 0.395 e. The molecule has 1 atom stereocenters. The number of hydrogen-bond donors (Lipinski definition) is 1. The zero-order valence-electron chi connectivity index (χ0n) is 11.8. The molecule has 0 saturated carbocycles. The van der Waals surface area contributed by atoms with Crippen LogP contribution in [0.3, 0.4) is 0 Å². The fraction of sp³-hybridized carbons (Fsp3) is 0.400. The molecule has 0 saturated heterocycles. The number of aromatic nitrogens is 1. The minimum Gasteiger partial charge on any atom is -0.395 e. The molecular formula is C15H20N2O2S. The Hall–Kier alpha value is -1.43. The standard InChI is InChI=1S/C15H20N2O2S/c1-12(19-2)15-16-13(11-20-15)10-17(8-9-18)14-6-4-3-5-7-14/h3-7,11-12,18H,8-10H2,1-2H3/t12-/m1/s1. The molecule has 0 radical (unpaired) electrons. The Morgan fingerprint density at radius 2 is 2.10 bits per heavy atom. The number of benzene rings is 1. The molecule has 4 nitrogen and oxygen atoms in total. The summed E-state index contributed by atoms with van der Waals surface area (Å²) in [6.07, 6.45) is 0.0248. The second-order valence-electron chi connectivity index (χ2n) is 4.54. The van der Waals surface area contributed by atoms with E-state index in [9.17, 15) is 5.11 Å². The van der Waals surface area contributed by atoms with Crippen molar-refractivity contribution in [3.05, 3.63) is 46.4 Å². The Kier molecular flexibility index (Phi) is 5.52. The molecule has 5 heteroatoms. The second kappa shape index (κ2) is 7.38. The lowest BCUT2D eigenvalue weighted by molar-refractivity contribution is 0.119. The minimum absolute atomic E-state index is 0.0248. The lowest BCUT2D eigenvalue weighted by Crippen LogP contribution is -2.26. The summed E-state index contributed by atoms with van der Waals surface area (Å²) in [6.45, 7) is 3.40. The van der Waals surface area contributed by atoms with Gasteiger partial charge in [-0.2, -0.15) is 0 Å². The lowest BCUT2D eigenvalue weighted by Gasteiger charge is -2.22. The molecule has 20 heavy (non-hydrogen) atoms.